The molecule has 3 heteroatoms. The number of ether oxygens (including phenoxy) is 1. The van der Waals surface area contributed by atoms with Crippen molar-refractivity contribution >= 4 is 17.6 Å². The minimum Gasteiger partial charge on any atom is -0.463 e. The Labute approximate surface area is 106 Å². The van der Waals surface area contributed by atoms with E-state index in [-0.39, 0.29) is 5.97 Å². The Morgan fingerprint density at radius 2 is 2.33 bits per heavy atom. The van der Waals surface area contributed by atoms with Crippen LogP contribution in [-0.4, -0.2) is 17.1 Å². The fourth-order valence-electron chi connectivity index (χ4n) is 2.78. The predicted octanol–water partition coefficient (Wildman–Crippen LogP) is 1.11. The van der Waals surface area contributed by atoms with E-state index in [2.05, 4.69) is 22.9 Å². The van der Waals surface area contributed by atoms with Gasteiger partial charge in [-0.1, -0.05) is 12.2 Å². The van der Waals surface area contributed by atoms with Crippen LogP contribution in [0.25, 0.3) is 11.6 Å². The molecule has 0 atom stereocenters. The van der Waals surface area contributed by atoms with Crippen molar-refractivity contribution in [3.63, 3.8) is 0 Å². The summed E-state index contributed by atoms with van der Waals surface area (Å²) in [7, 11) is 0. The molecular formula is C15H17NO2. The third-order valence-electron chi connectivity index (χ3n) is 3.61. The molecule has 0 unspecified atom stereocenters. The van der Waals surface area contributed by atoms with Crippen LogP contribution in [0.15, 0.2) is 23.9 Å². The van der Waals surface area contributed by atoms with E-state index >= 15 is 0 Å². The fraction of sp³-hybridized carbons (Fsp3) is 0.400. The van der Waals surface area contributed by atoms with Crippen molar-refractivity contribution in [2.75, 3.05) is 6.61 Å². The Hall–Kier alpha value is -1.77. The van der Waals surface area contributed by atoms with Gasteiger partial charge in [-0.3, -0.25) is 0 Å². The number of nitrogens with zero attached hydrogens (tertiary/aromatic N) is 1. The van der Waals surface area contributed by atoms with Gasteiger partial charge in [-0.15, -0.1) is 0 Å². The Morgan fingerprint density at radius 1 is 1.44 bits per heavy atom. The molecule has 0 spiro atoms. The molecule has 0 saturated heterocycles. The Balaban J connectivity index is 2.02. The Kier molecular flexibility index (Phi) is 2.82. The van der Waals surface area contributed by atoms with Crippen molar-refractivity contribution < 1.29 is 9.53 Å². The lowest BCUT2D eigenvalue weighted by atomic mass is 10.0. The average Bonchev–Trinajstić information content (AvgIpc) is 2.67. The molecule has 3 nitrogen and oxygen atoms in total. The van der Waals surface area contributed by atoms with E-state index in [0.717, 1.165) is 24.8 Å². The lowest BCUT2D eigenvalue weighted by Crippen LogP contribution is -2.33. The van der Waals surface area contributed by atoms with E-state index in [1.807, 2.05) is 13.0 Å². The second-order valence-electron chi connectivity index (χ2n) is 4.75. The van der Waals surface area contributed by atoms with Gasteiger partial charge in [-0.2, -0.15) is 0 Å². The summed E-state index contributed by atoms with van der Waals surface area (Å²) in [6, 6.07) is 2.14. The zero-order valence-electron chi connectivity index (χ0n) is 10.6. The summed E-state index contributed by atoms with van der Waals surface area (Å²) in [5.74, 6) is -0.178. The normalized spacial score (nSPS) is 17.4. The summed E-state index contributed by atoms with van der Waals surface area (Å²) in [5.41, 5.74) is 2.22. The molecule has 0 N–H and O–H groups in total. The number of carbonyl (C=O) groups is 1. The van der Waals surface area contributed by atoms with Gasteiger partial charge in [0.2, 0.25) is 0 Å². The molecule has 18 heavy (non-hydrogen) atoms. The monoisotopic (exact) mass is 243 g/mol. The predicted molar refractivity (Wildman–Crippen MR) is 70.1 cm³/mol. The Bertz CT molecular complexity index is 634. The number of rotatable bonds is 2. The van der Waals surface area contributed by atoms with Crippen LogP contribution >= 0.6 is 0 Å². The first-order valence-corrected chi connectivity index (χ1v) is 6.53. The van der Waals surface area contributed by atoms with Crippen LogP contribution in [0, 0.1) is 0 Å². The fourth-order valence-corrected chi connectivity index (χ4v) is 2.78. The molecule has 1 aromatic heterocycles. The highest BCUT2D eigenvalue weighted by atomic mass is 16.5. The van der Waals surface area contributed by atoms with E-state index in [9.17, 15) is 4.79 Å². The van der Waals surface area contributed by atoms with Crippen molar-refractivity contribution in [1.82, 2.24) is 4.57 Å². The number of aromatic nitrogens is 1. The topological polar surface area (TPSA) is 31.2 Å². The van der Waals surface area contributed by atoms with Gasteiger partial charge in [-0.05, 0) is 43.0 Å². The molecular weight excluding hydrogens is 226 g/mol. The van der Waals surface area contributed by atoms with Gasteiger partial charge in [0, 0.05) is 11.5 Å². The number of allylic oxidation sites excluding steroid dienone is 1. The number of hydrogen-bond donors (Lipinski definition) is 0. The molecule has 94 valence electrons. The van der Waals surface area contributed by atoms with Crippen LogP contribution in [0.3, 0.4) is 0 Å². The highest BCUT2D eigenvalue weighted by Crippen LogP contribution is 2.18. The SMILES string of the molecule is CCOC(=O)C1=CCC2=c3c(ccn3C1)=CCC2. The molecule has 1 aliphatic carbocycles. The number of carbonyl (C=O) groups excluding carboxylic acids is 1. The van der Waals surface area contributed by atoms with Gasteiger partial charge in [0.25, 0.3) is 0 Å². The quantitative estimate of drug-likeness (QED) is 0.729. The van der Waals surface area contributed by atoms with Crippen molar-refractivity contribution in [3.05, 3.63) is 34.5 Å². The summed E-state index contributed by atoms with van der Waals surface area (Å²) < 4.78 is 7.28. The first-order chi connectivity index (χ1) is 8.79. The first-order valence-electron chi connectivity index (χ1n) is 6.53. The minimum absolute atomic E-state index is 0.178. The lowest BCUT2D eigenvalue weighted by Gasteiger charge is -2.08. The second kappa shape index (κ2) is 4.48. The molecule has 0 amide bonds. The van der Waals surface area contributed by atoms with Crippen LogP contribution in [0.5, 0.6) is 0 Å². The van der Waals surface area contributed by atoms with Gasteiger partial charge >= 0.3 is 5.97 Å². The highest BCUT2D eigenvalue weighted by Gasteiger charge is 2.17. The summed E-state index contributed by atoms with van der Waals surface area (Å²) in [5, 5.41) is 2.63. The third-order valence-corrected chi connectivity index (χ3v) is 3.61. The molecule has 2 heterocycles. The van der Waals surface area contributed by atoms with Crippen molar-refractivity contribution in [3.8, 4) is 0 Å². The molecule has 0 aromatic carbocycles. The van der Waals surface area contributed by atoms with Gasteiger partial charge in [-0.25, -0.2) is 4.79 Å². The summed E-state index contributed by atoms with van der Waals surface area (Å²) in [6.45, 7) is 2.91. The lowest BCUT2D eigenvalue weighted by molar-refractivity contribution is -0.138. The van der Waals surface area contributed by atoms with Crippen LogP contribution in [-0.2, 0) is 16.1 Å². The van der Waals surface area contributed by atoms with E-state index in [1.54, 1.807) is 0 Å². The highest BCUT2D eigenvalue weighted by molar-refractivity contribution is 5.88. The molecule has 0 bridgehead atoms. The minimum atomic E-state index is -0.178. The van der Waals surface area contributed by atoms with Crippen molar-refractivity contribution in [2.24, 2.45) is 0 Å². The first kappa shape index (κ1) is 11.3. The molecule has 0 fully saturated rings. The van der Waals surface area contributed by atoms with Gasteiger partial charge in [0.05, 0.1) is 18.7 Å². The van der Waals surface area contributed by atoms with E-state index < -0.39 is 0 Å². The molecule has 2 aliphatic rings. The average molecular weight is 243 g/mol. The summed E-state index contributed by atoms with van der Waals surface area (Å²) >= 11 is 0. The standard InChI is InChI=1S/C15H17NO2/c1-2-18-15(17)13-7-6-11-4-3-5-12-8-9-16(10-13)14(11)12/h5,7-9H,2-4,6,10H2,1H3. The summed E-state index contributed by atoms with van der Waals surface area (Å²) in [6.07, 6.45) is 9.47. The van der Waals surface area contributed by atoms with Crippen LogP contribution in [0.1, 0.15) is 26.2 Å². The summed E-state index contributed by atoms with van der Waals surface area (Å²) in [4.78, 5) is 11.9. The van der Waals surface area contributed by atoms with E-state index in [4.69, 9.17) is 4.74 Å². The van der Waals surface area contributed by atoms with Crippen LogP contribution < -0.4 is 10.6 Å². The maximum absolute atomic E-state index is 11.9. The smallest absolute Gasteiger partial charge is 0.335 e. The van der Waals surface area contributed by atoms with Crippen molar-refractivity contribution in [1.29, 1.82) is 0 Å². The molecule has 0 radical (unpaired) electrons. The maximum atomic E-state index is 11.9. The van der Waals surface area contributed by atoms with Crippen molar-refractivity contribution in [2.45, 2.75) is 32.7 Å². The zero-order valence-corrected chi connectivity index (χ0v) is 10.6. The van der Waals surface area contributed by atoms with E-state index in [1.165, 1.54) is 16.1 Å². The van der Waals surface area contributed by atoms with Gasteiger partial charge in [0.15, 0.2) is 0 Å². The molecule has 1 aliphatic heterocycles. The van der Waals surface area contributed by atoms with E-state index in [0.29, 0.717) is 13.2 Å². The number of hydrogen-bond acceptors (Lipinski definition) is 2. The molecule has 3 rings (SSSR count). The zero-order chi connectivity index (χ0) is 12.5. The molecule has 1 aromatic rings. The molecule has 0 saturated carbocycles. The van der Waals surface area contributed by atoms with Gasteiger partial charge in [0.1, 0.15) is 0 Å². The second-order valence-corrected chi connectivity index (χ2v) is 4.75. The maximum Gasteiger partial charge on any atom is 0.335 e. The largest absolute Gasteiger partial charge is 0.463 e. The van der Waals surface area contributed by atoms with Gasteiger partial charge < -0.3 is 9.30 Å². The number of esters is 1. The van der Waals surface area contributed by atoms with Crippen LogP contribution in [0.2, 0.25) is 0 Å². The third kappa shape index (κ3) is 1.80. The Morgan fingerprint density at radius 3 is 3.17 bits per heavy atom. The van der Waals surface area contributed by atoms with Crippen LogP contribution in [0.4, 0.5) is 0 Å².